The second-order valence-corrected chi connectivity index (χ2v) is 8.35. The summed E-state index contributed by atoms with van der Waals surface area (Å²) < 4.78 is 13.1. The Kier molecular flexibility index (Phi) is 5.70. The van der Waals surface area contributed by atoms with Crippen LogP contribution in [0.5, 0.6) is 5.75 Å². The zero-order valence-electron chi connectivity index (χ0n) is 18.6. The van der Waals surface area contributed by atoms with E-state index in [0.29, 0.717) is 30.5 Å². The van der Waals surface area contributed by atoms with E-state index in [9.17, 15) is 4.79 Å². The van der Waals surface area contributed by atoms with Crippen LogP contribution in [0.4, 0.5) is 5.69 Å². The van der Waals surface area contributed by atoms with Crippen molar-refractivity contribution in [2.45, 2.75) is 52.2 Å². The molecule has 0 radical (unpaired) electrons. The summed E-state index contributed by atoms with van der Waals surface area (Å²) in [5, 5.41) is 12.3. The van der Waals surface area contributed by atoms with Crippen LogP contribution < -0.4 is 15.4 Å². The molecule has 2 aliphatic heterocycles. The number of nitrogens with zero attached hydrogens (tertiary/aromatic N) is 3. The highest BCUT2D eigenvalue weighted by atomic mass is 16.5. The molecular weight excluding hydrogens is 406 g/mol. The van der Waals surface area contributed by atoms with Crippen molar-refractivity contribution in [2.24, 2.45) is 0 Å². The molecule has 2 aliphatic rings. The van der Waals surface area contributed by atoms with Crippen molar-refractivity contribution in [1.29, 1.82) is 0 Å². The number of carbonyl (C=O) groups is 1. The Morgan fingerprint density at radius 2 is 2.09 bits per heavy atom. The maximum absolute atomic E-state index is 13.0. The Bertz CT molecular complexity index is 1150. The molecule has 8 heteroatoms. The number of hydrogen-bond donors (Lipinski definition) is 2. The van der Waals surface area contributed by atoms with Gasteiger partial charge in [-0.3, -0.25) is 4.79 Å². The molecule has 2 N–H and O–H groups in total. The molecule has 4 heterocycles. The lowest BCUT2D eigenvalue weighted by atomic mass is 10.0. The number of anilines is 1. The Hall–Kier alpha value is -3.13. The molecule has 168 valence electrons. The van der Waals surface area contributed by atoms with E-state index in [1.165, 1.54) is 0 Å². The van der Waals surface area contributed by atoms with Gasteiger partial charge in [-0.05, 0) is 38.3 Å². The fourth-order valence-corrected chi connectivity index (χ4v) is 4.56. The number of para-hydroxylation sites is 1. The van der Waals surface area contributed by atoms with Crippen molar-refractivity contribution in [3.05, 3.63) is 46.8 Å². The smallest absolute Gasteiger partial charge is 0.255 e. The van der Waals surface area contributed by atoms with Crippen LogP contribution in [0.25, 0.3) is 11.0 Å². The van der Waals surface area contributed by atoms with Crippen molar-refractivity contribution in [3.8, 4) is 5.75 Å². The number of carbonyl (C=O) groups excluding carboxylic acids is 1. The molecule has 0 saturated carbocycles. The average Bonchev–Trinajstić information content (AvgIpc) is 3.45. The van der Waals surface area contributed by atoms with Gasteiger partial charge in [0.1, 0.15) is 5.75 Å². The summed E-state index contributed by atoms with van der Waals surface area (Å²) in [5.74, 6) is 0.574. The van der Waals surface area contributed by atoms with Crippen molar-refractivity contribution in [1.82, 2.24) is 20.1 Å². The Balaban J connectivity index is 1.46. The first-order valence-electron chi connectivity index (χ1n) is 11.4. The summed E-state index contributed by atoms with van der Waals surface area (Å²) in [6.07, 6.45) is 4.61. The van der Waals surface area contributed by atoms with Crippen molar-refractivity contribution >= 4 is 22.6 Å². The predicted octanol–water partition coefficient (Wildman–Crippen LogP) is 3.22. The van der Waals surface area contributed by atoms with Gasteiger partial charge in [-0.25, -0.2) is 9.67 Å². The van der Waals surface area contributed by atoms with E-state index in [0.717, 1.165) is 72.6 Å². The standard InChI is InChI=1S/C24H29N5O3/c1-3-29-23-20(14-26-29)21(28-17-8-10-31-11-9-17)19(15(2)27-23)13-25-24(30)18-6-4-5-16-7-12-32-22(16)18/h4-6,14,17H,3,7-13H2,1-2H3,(H,25,30)(H,27,28). The van der Waals surface area contributed by atoms with Gasteiger partial charge < -0.3 is 20.1 Å². The summed E-state index contributed by atoms with van der Waals surface area (Å²) in [5.41, 5.74) is 5.42. The second-order valence-electron chi connectivity index (χ2n) is 8.35. The number of benzene rings is 1. The molecule has 0 unspecified atom stereocenters. The molecule has 1 fully saturated rings. The monoisotopic (exact) mass is 435 g/mol. The van der Waals surface area contributed by atoms with E-state index < -0.39 is 0 Å². The third kappa shape index (κ3) is 3.79. The molecule has 2 aromatic heterocycles. The quantitative estimate of drug-likeness (QED) is 0.618. The molecule has 5 rings (SSSR count). The second kappa shape index (κ2) is 8.78. The zero-order chi connectivity index (χ0) is 22.1. The fraction of sp³-hybridized carbons (Fsp3) is 0.458. The number of nitrogens with one attached hydrogen (secondary N) is 2. The zero-order valence-corrected chi connectivity index (χ0v) is 18.6. The van der Waals surface area contributed by atoms with E-state index in [4.69, 9.17) is 14.5 Å². The van der Waals surface area contributed by atoms with Gasteiger partial charge in [0, 0.05) is 50.0 Å². The lowest BCUT2D eigenvalue weighted by molar-refractivity contribution is 0.0904. The minimum atomic E-state index is -0.135. The van der Waals surface area contributed by atoms with E-state index in [2.05, 4.69) is 22.7 Å². The third-order valence-electron chi connectivity index (χ3n) is 6.35. The Labute approximate surface area is 187 Å². The number of fused-ring (bicyclic) bond motifs is 2. The summed E-state index contributed by atoms with van der Waals surface area (Å²) >= 11 is 0. The van der Waals surface area contributed by atoms with Crippen LogP contribution in [-0.4, -0.2) is 46.5 Å². The molecule has 0 atom stereocenters. The summed E-state index contributed by atoms with van der Waals surface area (Å²) in [4.78, 5) is 17.9. The van der Waals surface area contributed by atoms with Gasteiger partial charge in [-0.2, -0.15) is 5.10 Å². The largest absolute Gasteiger partial charge is 0.492 e. The van der Waals surface area contributed by atoms with Gasteiger partial charge in [0.2, 0.25) is 0 Å². The number of aryl methyl sites for hydroxylation is 2. The fourth-order valence-electron chi connectivity index (χ4n) is 4.56. The highest BCUT2D eigenvalue weighted by Crippen LogP contribution is 2.32. The lowest BCUT2D eigenvalue weighted by Gasteiger charge is -2.26. The number of ether oxygens (including phenoxy) is 2. The molecule has 3 aromatic rings. The van der Waals surface area contributed by atoms with Gasteiger partial charge in [0.05, 0.1) is 29.4 Å². The first kappa shape index (κ1) is 20.8. The highest BCUT2D eigenvalue weighted by Gasteiger charge is 2.23. The third-order valence-corrected chi connectivity index (χ3v) is 6.35. The number of pyridine rings is 1. The average molecular weight is 436 g/mol. The molecule has 1 aromatic carbocycles. The van der Waals surface area contributed by atoms with Gasteiger partial charge >= 0.3 is 0 Å². The summed E-state index contributed by atoms with van der Waals surface area (Å²) in [6.45, 7) is 7.31. The van der Waals surface area contributed by atoms with Gasteiger partial charge in [0.25, 0.3) is 5.91 Å². The highest BCUT2D eigenvalue weighted by molar-refractivity contribution is 5.98. The lowest BCUT2D eigenvalue weighted by Crippen LogP contribution is -2.30. The molecule has 0 spiro atoms. The van der Waals surface area contributed by atoms with Crippen LogP contribution in [0.1, 0.15) is 46.9 Å². The molecular formula is C24H29N5O3. The van der Waals surface area contributed by atoms with Crippen LogP contribution in [0.3, 0.4) is 0 Å². The van der Waals surface area contributed by atoms with Crippen molar-refractivity contribution < 1.29 is 14.3 Å². The van der Waals surface area contributed by atoms with Crippen molar-refractivity contribution in [3.63, 3.8) is 0 Å². The van der Waals surface area contributed by atoms with Crippen LogP contribution >= 0.6 is 0 Å². The molecule has 0 aliphatic carbocycles. The normalized spacial score (nSPS) is 16.1. The summed E-state index contributed by atoms with van der Waals surface area (Å²) in [6, 6.07) is 6.07. The van der Waals surface area contributed by atoms with E-state index in [-0.39, 0.29) is 5.91 Å². The predicted molar refractivity (Wildman–Crippen MR) is 122 cm³/mol. The number of amides is 1. The number of hydrogen-bond acceptors (Lipinski definition) is 6. The van der Waals surface area contributed by atoms with Gasteiger partial charge in [-0.1, -0.05) is 12.1 Å². The van der Waals surface area contributed by atoms with Gasteiger partial charge in [0.15, 0.2) is 5.65 Å². The van der Waals surface area contributed by atoms with Crippen LogP contribution in [0, 0.1) is 6.92 Å². The van der Waals surface area contributed by atoms with E-state index >= 15 is 0 Å². The summed E-state index contributed by atoms with van der Waals surface area (Å²) in [7, 11) is 0. The first-order chi connectivity index (χ1) is 15.7. The Morgan fingerprint density at radius 1 is 1.25 bits per heavy atom. The molecule has 0 bridgehead atoms. The van der Waals surface area contributed by atoms with E-state index in [1.54, 1.807) is 0 Å². The molecule has 1 saturated heterocycles. The molecule has 1 amide bonds. The number of aromatic nitrogens is 3. The molecule has 8 nitrogen and oxygen atoms in total. The van der Waals surface area contributed by atoms with Crippen molar-refractivity contribution in [2.75, 3.05) is 25.1 Å². The maximum atomic E-state index is 13.0. The van der Waals surface area contributed by atoms with Crippen LogP contribution in [0.15, 0.2) is 24.4 Å². The maximum Gasteiger partial charge on any atom is 0.255 e. The van der Waals surface area contributed by atoms with Gasteiger partial charge in [-0.15, -0.1) is 0 Å². The van der Waals surface area contributed by atoms with Crippen LogP contribution in [0.2, 0.25) is 0 Å². The number of rotatable bonds is 6. The first-order valence-corrected chi connectivity index (χ1v) is 11.4. The Morgan fingerprint density at radius 3 is 2.91 bits per heavy atom. The minimum absolute atomic E-state index is 0.135. The van der Waals surface area contributed by atoms with Crippen LogP contribution in [-0.2, 0) is 24.2 Å². The topological polar surface area (TPSA) is 90.3 Å². The molecule has 32 heavy (non-hydrogen) atoms. The van der Waals surface area contributed by atoms with E-state index in [1.807, 2.05) is 36.0 Å². The SMILES string of the molecule is CCn1ncc2c(NC3CCOCC3)c(CNC(=O)c3cccc4c3OCC4)c(C)nc21. The minimum Gasteiger partial charge on any atom is -0.492 e.